The molecule has 0 saturated carbocycles. The van der Waals surface area contributed by atoms with Crippen molar-refractivity contribution in [3.63, 3.8) is 0 Å². The molecule has 0 spiro atoms. The van der Waals surface area contributed by atoms with Crippen LogP contribution in [0.5, 0.6) is 0 Å². The van der Waals surface area contributed by atoms with Gasteiger partial charge in [-0.1, -0.05) is 0 Å². The largest absolute Gasteiger partial charge is 0.467 e. The summed E-state index contributed by atoms with van der Waals surface area (Å²) in [5.74, 6) is -0.452. The lowest BCUT2D eigenvalue weighted by Crippen LogP contribution is -2.03. The fraction of sp³-hybridized carbons (Fsp3) is 0.600. The quantitative estimate of drug-likeness (QED) is 0.500. The molecule has 3 heteroatoms. The van der Waals surface area contributed by atoms with Gasteiger partial charge in [0.05, 0.1) is 7.11 Å². The van der Waals surface area contributed by atoms with E-state index in [1.807, 2.05) is 0 Å². The zero-order valence-electron chi connectivity index (χ0n) is 5.01. The van der Waals surface area contributed by atoms with Crippen LogP contribution >= 0.6 is 0 Å². The second-order valence-corrected chi connectivity index (χ2v) is 1.10. The van der Waals surface area contributed by atoms with Gasteiger partial charge in [-0.3, -0.25) is 0 Å². The summed E-state index contributed by atoms with van der Waals surface area (Å²) in [5.41, 5.74) is 0. The molecule has 0 fully saturated rings. The summed E-state index contributed by atoms with van der Waals surface area (Å²) in [6.45, 7) is 3.33. The average Bonchev–Trinajstić information content (AvgIpc) is 1.83. The first-order chi connectivity index (χ1) is 3.81. The van der Waals surface area contributed by atoms with E-state index in [9.17, 15) is 4.79 Å². The van der Waals surface area contributed by atoms with Crippen LogP contribution in [0.2, 0.25) is 0 Å². The van der Waals surface area contributed by atoms with E-state index < -0.39 is 5.97 Å². The maximum Gasteiger partial charge on any atom is 0.338 e. The number of carbonyl (C=O) groups excluding carboxylic acids is 1. The van der Waals surface area contributed by atoms with Crippen LogP contribution in [0.4, 0.5) is 0 Å². The average molecular weight is 117 g/mol. The molecule has 0 N–H and O–H groups in total. The van der Waals surface area contributed by atoms with Gasteiger partial charge in [-0.2, -0.15) is 0 Å². The topological polar surface area (TPSA) is 35.5 Å². The first-order valence-electron chi connectivity index (χ1n) is 2.34. The minimum Gasteiger partial charge on any atom is -0.467 e. The summed E-state index contributed by atoms with van der Waals surface area (Å²) in [4.78, 5) is 10.2. The Kier molecular flexibility index (Phi) is 4.26. The Morgan fingerprint density at radius 1 is 1.75 bits per heavy atom. The van der Waals surface area contributed by atoms with Crippen LogP contribution in [0.3, 0.4) is 0 Å². The molecule has 0 aromatic carbocycles. The van der Waals surface area contributed by atoms with Gasteiger partial charge in [0.1, 0.15) is 0 Å². The van der Waals surface area contributed by atoms with Crippen molar-refractivity contribution in [1.82, 2.24) is 0 Å². The van der Waals surface area contributed by atoms with Crippen LogP contribution in [-0.4, -0.2) is 19.7 Å². The van der Waals surface area contributed by atoms with Crippen LogP contribution < -0.4 is 0 Å². The highest BCUT2D eigenvalue weighted by molar-refractivity contribution is 5.76. The molecule has 0 aliphatic rings. The number of carbonyl (C=O) groups is 1. The third-order valence-electron chi connectivity index (χ3n) is 0.547. The van der Waals surface area contributed by atoms with Crippen molar-refractivity contribution in [2.45, 2.75) is 6.92 Å². The Morgan fingerprint density at radius 2 is 2.38 bits per heavy atom. The Morgan fingerprint density at radius 3 is 2.75 bits per heavy atom. The van der Waals surface area contributed by atoms with Crippen molar-refractivity contribution in [3.8, 4) is 0 Å². The zero-order valence-corrected chi connectivity index (χ0v) is 5.01. The first kappa shape index (κ1) is 7.43. The molecular weight excluding hydrogens is 108 g/mol. The number of rotatable bonds is 3. The molecule has 0 amide bonds. The fourth-order valence-electron chi connectivity index (χ4n) is 0.199. The summed E-state index contributed by atoms with van der Waals surface area (Å²) in [5, 5.41) is 0. The van der Waals surface area contributed by atoms with Crippen LogP contribution in [0.1, 0.15) is 6.92 Å². The Balaban J connectivity index is 2.99. The van der Waals surface area contributed by atoms with Crippen LogP contribution in [0.25, 0.3) is 0 Å². The highest BCUT2D eigenvalue weighted by Crippen LogP contribution is 1.82. The second-order valence-electron chi connectivity index (χ2n) is 1.10. The molecule has 0 aromatic heterocycles. The van der Waals surface area contributed by atoms with E-state index in [1.54, 1.807) is 6.92 Å². The predicted octanol–water partition coefficient (Wildman–Crippen LogP) is 0.358. The first-order valence-corrected chi connectivity index (χ1v) is 2.34. The van der Waals surface area contributed by atoms with Crippen molar-refractivity contribution >= 4 is 5.97 Å². The SMILES string of the molecule is CCO[CH]C(=O)OC. The van der Waals surface area contributed by atoms with Gasteiger partial charge in [0.2, 0.25) is 0 Å². The molecule has 3 nitrogen and oxygen atoms in total. The van der Waals surface area contributed by atoms with Crippen molar-refractivity contribution in [1.29, 1.82) is 0 Å². The Labute approximate surface area is 48.6 Å². The van der Waals surface area contributed by atoms with Crippen molar-refractivity contribution in [2.75, 3.05) is 13.7 Å². The third kappa shape index (κ3) is 3.61. The summed E-state index contributed by atoms with van der Waals surface area (Å²) < 4.78 is 8.82. The van der Waals surface area contributed by atoms with E-state index in [-0.39, 0.29) is 0 Å². The maximum atomic E-state index is 10.2. The van der Waals surface area contributed by atoms with E-state index in [4.69, 9.17) is 0 Å². The minimum atomic E-state index is -0.452. The number of esters is 1. The monoisotopic (exact) mass is 117 g/mol. The standard InChI is InChI=1S/C5H9O3/c1-3-8-4-5(6)7-2/h4H,3H2,1-2H3. The molecule has 0 aromatic rings. The lowest BCUT2D eigenvalue weighted by Gasteiger charge is -1.94. The lowest BCUT2D eigenvalue weighted by atomic mass is 10.7. The number of hydrogen-bond acceptors (Lipinski definition) is 3. The van der Waals surface area contributed by atoms with Gasteiger partial charge >= 0.3 is 5.97 Å². The predicted molar refractivity (Wildman–Crippen MR) is 27.9 cm³/mol. The van der Waals surface area contributed by atoms with Gasteiger partial charge in [-0.05, 0) is 6.92 Å². The normalized spacial score (nSPS) is 8.75. The van der Waals surface area contributed by atoms with E-state index in [1.165, 1.54) is 7.11 Å². The van der Waals surface area contributed by atoms with Gasteiger partial charge in [0, 0.05) is 6.61 Å². The summed E-state index contributed by atoms with van der Waals surface area (Å²) >= 11 is 0. The molecule has 0 saturated heterocycles. The van der Waals surface area contributed by atoms with Gasteiger partial charge < -0.3 is 9.47 Å². The molecule has 1 radical (unpaired) electrons. The Bertz CT molecular complexity index is 70.1. The third-order valence-corrected chi connectivity index (χ3v) is 0.547. The maximum absolute atomic E-state index is 10.2. The van der Waals surface area contributed by atoms with Crippen LogP contribution in [0.15, 0.2) is 0 Å². The molecule has 47 valence electrons. The fourth-order valence-corrected chi connectivity index (χ4v) is 0.199. The van der Waals surface area contributed by atoms with E-state index >= 15 is 0 Å². The lowest BCUT2D eigenvalue weighted by molar-refractivity contribution is -0.140. The van der Waals surface area contributed by atoms with Gasteiger partial charge in [-0.15, -0.1) is 0 Å². The number of ether oxygens (including phenoxy) is 2. The van der Waals surface area contributed by atoms with Crippen molar-refractivity contribution in [2.24, 2.45) is 0 Å². The number of hydrogen-bond donors (Lipinski definition) is 0. The molecule has 0 heterocycles. The highest BCUT2D eigenvalue weighted by Gasteiger charge is 1.96. The Hall–Kier alpha value is -0.570. The molecule has 0 bridgehead atoms. The van der Waals surface area contributed by atoms with Crippen LogP contribution in [-0.2, 0) is 14.3 Å². The number of methoxy groups -OCH3 is 1. The molecule has 0 rings (SSSR count). The van der Waals surface area contributed by atoms with Crippen molar-refractivity contribution < 1.29 is 14.3 Å². The molecule has 0 aliphatic carbocycles. The van der Waals surface area contributed by atoms with Gasteiger partial charge in [0.15, 0.2) is 6.61 Å². The summed E-state index contributed by atoms with van der Waals surface area (Å²) in [6.07, 6.45) is 0. The molecular formula is C5H9O3. The van der Waals surface area contributed by atoms with Gasteiger partial charge in [-0.25, -0.2) is 4.79 Å². The van der Waals surface area contributed by atoms with E-state index in [0.717, 1.165) is 6.61 Å². The second kappa shape index (κ2) is 4.59. The van der Waals surface area contributed by atoms with Crippen LogP contribution in [0, 0.1) is 6.61 Å². The molecule has 8 heavy (non-hydrogen) atoms. The van der Waals surface area contributed by atoms with E-state index in [2.05, 4.69) is 9.47 Å². The molecule has 0 aliphatic heterocycles. The summed E-state index contributed by atoms with van der Waals surface area (Å²) in [6, 6.07) is 0. The van der Waals surface area contributed by atoms with Gasteiger partial charge in [0.25, 0.3) is 0 Å². The molecule has 0 atom stereocenters. The highest BCUT2D eigenvalue weighted by atomic mass is 16.6. The van der Waals surface area contributed by atoms with Crippen molar-refractivity contribution in [3.05, 3.63) is 6.61 Å². The zero-order chi connectivity index (χ0) is 6.41. The molecule has 0 unspecified atom stereocenters. The smallest absolute Gasteiger partial charge is 0.338 e. The minimum absolute atomic E-state index is 0.452. The van der Waals surface area contributed by atoms with E-state index in [0.29, 0.717) is 6.61 Å². The summed E-state index contributed by atoms with van der Waals surface area (Å²) in [7, 11) is 1.30.